The maximum Gasteiger partial charge on any atom is 0.267 e. The summed E-state index contributed by atoms with van der Waals surface area (Å²) in [6.45, 7) is 2.07. The van der Waals surface area contributed by atoms with Crippen molar-refractivity contribution in [3.63, 3.8) is 0 Å². The van der Waals surface area contributed by atoms with Gasteiger partial charge in [0.1, 0.15) is 10.5 Å². The molecule has 5 nitrogen and oxygen atoms in total. The number of thiophene rings is 1. The predicted octanol–water partition coefficient (Wildman–Crippen LogP) is 5.57. The van der Waals surface area contributed by atoms with Crippen molar-refractivity contribution in [2.45, 2.75) is 43.5 Å². The SMILES string of the molecule is Cc1cccn2cc(CSc3nc4sc5c(c4c(=O)n3-c3ccccc3)CCCC5)nc12. The maximum atomic E-state index is 13.8. The van der Waals surface area contributed by atoms with Crippen molar-refractivity contribution in [3.05, 3.63) is 86.9 Å². The number of aromatic nitrogens is 4. The molecule has 0 amide bonds. The van der Waals surface area contributed by atoms with Crippen LogP contribution in [-0.4, -0.2) is 18.9 Å². The Balaban J connectivity index is 1.47. The van der Waals surface area contributed by atoms with E-state index in [9.17, 15) is 4.79 Å². The van der Waals surface area contributed by atoms with E-state index >= 15 is 0 Å². The molecule has 6 rings (SSSR count). The topological polar surface area (TPSA) is 52.2 Å². The van der Waals surface area contributed by atoms with Gasteiger partial charge in [0.15, 0.2) is 5.16 Å². The van der Waals surface area contributed by atoms with Crippen LogP contribution in [0.1, 0.15) is 34.5 Å². The second-order valence-corrected chi connectivity index (χ2v) is 10.2. The highest BCUT2D eigenvalue weighted by Crippen LogP contribution is 2.35. The Labute approximate surface area is 193 Å². The van der Waals surface area contributed by atoms with E-state index in [1.165, 1.54) is 16.9 Å². The van der Waals surface area contributed by atoms with E-state index in [2.05, 4.69) is 23.6 Å². The van der Waals surface area contributed by atoms with Crippen LogP contribution in [0.25, 0.3) is 21.6 Å². The Morgan fingerprint density at radius 3 is 2.75 bits per heavy atom. The summed E-state index contributed by atoms with van der Waals surface area (Å²) in [6, 6.07) is 14.0. The lowest BCUT2D eigenvalue weighted by Crippen LogP contribution is -2.22. The van der Waals surface area contributed by atoms with Gasteiger partial charge in [-0.05, 0) is 61.9 Å². The predicted molar refractivity (Wildman–Crippen MR) is 131 cm³/mol. The molecule has 0 spiro atoms. The lowest BCUT2D eigenvalue weighted by molar-refractivity contribution is 0.699. The normalized spacial score (nSPS) is 13.7. The molecule has 4 heterocycles. The third kappa shape index (κ3) is 3.27. The van der Waals surface area contributed by atoms with E-state index in [4.69, 9.17) is 9.97 Å². The number of fused-ring (bicyclic) bond motifs is 4. The first-order valence-corrected chi connectivity index (χ1v) is 12.7. The largest absolute Gasteiger partial charge is 0.307 e. The number of pyridine rings is 1. The fourth-order valence-electron chi connectivity index (χ4n) is 4.50. The monoisotopic (exact) mass is 458 g/mol. The average Bonchev–Trinajstić information content (AvgIpc) is 3.40. The van der Waals surface area contributed by atoms with E-state index in [1.54, 1.807) is 27.7 Å². The van der Waals surface area contributed by atoms with Crippen LogP contribution < -0.4 is 5.56 Å². The lowest BCUT2D eigenvalue weighted by Gasteiger charge is -2.13. The van der Waals surface area contributed by atoms with Crippen molar-refractivity contribution >= 4 is 39.0 Å². The molecule has 0 radical (unpaired) electrons. The summed E-state index contributed by atoms with van der Waals surface area (Å²) < 4.78 is 3.84. The summed E-state index contributed by atoms with van der Waals surface area (Å²) >= 11 is 3.28. The number of rotatable bonds is 4. The minimum Gasteiger partial charge on any atom is -0.307 e. The molecule has 160 valence electrons. The Hall–Kier alpha value is -2.90. The standard InChI is InChI=1S/C25H22N4OS2/c1-16-8-7-13-28-14-17(26-22(16)28)15-31-25-27-23-21(19-11-5-6-12-20(19)32-23)24(30)29(25)18-9-3-2-4-10-18/h2-4,7-10,13-14H,5-6,11-12,15H2,1H3. The zero-order valence-corrected chi connectivity index (χ0v) is 19.4. The fourth-order valence-corrected chi connectivity index (χ4v) is 6.70. The molecule has 4 aromatic heterocycles. The van der Waals surface area contributed by atoms with E-state index < -0.39 is 0 Å². The zero-order chi connectivity index (χ0) is 21.7. The molecule has 7 heteroatoms. The van der Waals surface area contributed by atoms with Gasteiger partial charge in [0.2, 0.25) is 0 Å². The third-order valence-electron chi connectivity index (χ3n) is 6.05. The van der Waals surface area contributed by atoms with Gasteiger partial charge in [-0.3, -0.25) is 9.36 Å². The van der Waals surface area contributed by atoms with Crippen molar-refractivity contribution < 1.29 is 0 Å². The molecule has 0 atom stereocenters. The average molecular weight is 459 g/mol. The Morgan fingerprint density at radius 1 is 1.06 bits per heavy atom. The number of benzene rings is 1. The first-order chi connectivity index (χ1) is 15.7. The summed E-state index contributed by atoms with van der Waals surface area (Å²) in [5.41, 5.74) is 5.23. The summed E-state index contributed by atoms with van der Waals surface area (Å²) in [5, 5.41) is 1.54. The number of imidazole rings is 1. The third-order valence-corrected chi connectivity index (χ3v) is 8.21. The molecule has 0 saturated carbocycles. The molecule has 0 fully saturated rings. The summed E-state index contributed by atoms with van der Waals surface area (Å²) in [5.74, 6) is 0.650. The summed E-state index contributed by atoms with van der Waals surface area (Å²) in [6.07, 6.45) is 8.46. The van der Waals surface area contributed by atoms with Crippen LogP contribution in [0, 0.1) is 6.92 Å². The van der Waals surface area contributed by atoms with Gasteiger partial charge >= 0.3 is 0 Å². The number of aryl methyl sites for hydroxylation is 3. The Kier molecular flexibility index (Phi) is 4.88. The quantitative estimate of drug-likeness (QED) is 0.261. The molecule has 0 bridgehead atoms. The van der Waals surface area contributed by atoms with Gasteiger partial charge in [0.05, 0.1) is 16.8 Å². The van der Waals surface area contributed by atoms with Crippen molar-refractivity contribution in [2.75, 3.05) is 0 Å². The van der Waals surface area contributed by atoms with Gasteiger partial charge in [-0.15, -0.1) is 11.3 Å². The second kappa shape index (κ2) is 7.90. The number of hydrogen-bond acceptors (Lipinski definition) is 5. The first kappa shape index (κ1) is 19.8. The second-order valence-electron chi connectivity index (χ2n) is 8.20. The first-order valence-electron chi connectivity index (χ1n) is 10.9. The van der Waals surface area contributed by atoms with Crippen molar-refractivity contribution in [1.82, 2.24) is 18.9 Å². The molecule has 1 aliphatic carbocycles. The van der Waals surface area contributed by atoms with Crippen molar-refractivity contribution in [3.8, 4) is 5.69 Å². The number of nitrogens with zero attached hydrogens (tertiary/aromatic N) is 4. The highest BCUT2D eigenvalue weighted by atomic mass is 32.2. The van der Waals surface area contributed by atoms with Gasteiger partial charge in [0, 0.05) is 23.0 Å². The van der Waals surface area contributed by atoms with Crippen LogP contribution in [0.3, 0.4) is 0 Å². The van der Waals surface area contributed by atoms with Crippen molar-refractivity contribution in [1.29, 1.82) is 0 Å². The number of thioether (sulfide) groups is 1. The molecule has 1 aliphatic rings. The minimum absolute atomic E-state index is 0.0499. The smallest absolute Gasteiger partial charge is 0.267 e. The molecule has 1 aromatic carbocycles. The molecule has 0 unspecified atom stereocenters. The Bertz CT molecular complexity index is 1510. The molecule has 0 aliphatic heterocycles. The Morgan fingerprint density at radius 2 is 1.91 bits per heavy atom. The van der Waals surface area contributed by atoms with Crippen LogP contribution in [0.5, 0.6) is 0 Å². The molecule has 32 heavy (non-hydrogen) atoms. The fraction of sp³-hybridized carbons (Fsp3) is 0.240. The van der Waals surface area contributed by atoms with Crippen molar-refractivity contribution in [2.24, 2.45) is 0 Å². The van der Waals surface area contributed by atoms with E-state index in [0.717, 1.165) is 57.2 Å². The molecule has 5 aromatic rings. The van der Waals surface area contributed by atoms with Gasteiger partial charge in [-0.1, -0.05) is 36.0 Å². The van der Waals surface area contributed by atoms with Crippen LogP contribution in [0.2, 0.25) is 0 Å². The van der Waals surface area contributed by atoms with E-state index in [0.29, 0.717) is 5.75 Å². The summed E-state index contributed by atoms with van der Waals surface area (Å²) in [7, 11) is 0. The maximum absolute atomic E-state index is 13.8. The molecular formula is C25H22N4OS2. The minimum atomic E-state index is 0.0499. The molecule has 0 saturated heterocycles. The molecule has 0 N–H and O–H groups in total. The lowest BCUT2D eigenvalue weighted by atomic mass is 9.97. The van der Waals surface area contributed by atoms with Gasteiger partial charge in [-0.2, -0.15) is 0 Å². The number of para-hydroxylation sites is 1. The van der Waals surface area contributed by atoms with Crippen LogP contribution in [-0.2, 0) is 18.6 Å². The molecular weight excluding hydrogens is 436 g/mol. The highest BCUT2D eigenvalue weighted by Gasteiger charge is 2.23. The number of hydrogen-bond donors (Lipinski definition) is 0. The van der Waals surface area contributed by atoms with E-state index in [-0.39, 0.29) is 5.56 Å². The van der Waals surface area contributed by atoms with Gasteiger partial charge < -0.3 is 4.40 Å². The van der Waals surface area contributed by atoms with Crippen LogP contribution in [0.4, 0.5) is 0 Å². The van der Waals surface area contributed by atoms with Gasteiger partial charge in [0.25, 0.3) is 5.56 Å². The highest BCUT2D eigenvalue weighted by molar-refractivity contribution is 7.98. The van der Waals surface area contributed by atoms with Crippen LogP contribution >= 0.6 is 23.1 Å². The van der Waals surface area contributed by atoms with Gasteiger partial charge in [-0.25, -0.2) is 9.97 Å². The van der Waals surface area contributed by atoms with Crippen LogP contribution in [0.15, 0.2) is 64.8 Å². The summed E-state index contributed by atoms with van der Waals surface area (Å²) in [4.78, 5) is 25.8. The van der Waals surface area contributed by atoms with E-state index in [1.807, 2.05) is 42.6 Å². The zero-order valence-electron chi connectivity index (χ0n) is 17.7.